The van der Waals surface area contributed by atoms with Crippen LogP contribution in [0.25, 0.3) is 0 Å². The molecule has 0 fully saturated rings. The lowest BCUT2D eigenvalue weighted by atomic mass is 10.1. The van der Waals surface area contributed by atoms with E-state index in [2.05, 4.69) is 5.18 Å². The van der Waals surface area contributed by atoms with Gasteiger partial charge in [0.2, 0.25) is 0 Å². The fraction of sp³-hybridized carbons (Fsp3) is 0.250. The summed E-state index contributed by atoms with van der Waals surface area (Å²) < 4.78 is 36.3. The summed E-state index contributed by atoms with van der Waals surface area (Å²) in [7, 11) is 0. The van der Waals surface area contributed by atoms with Crippen LogP contribution >= 0.6 is 0 Å². The molecule has 0 bridgehead atoms. The van der Waals surface area contributed by atoms with Crippen molar-refractivity contribution < 1.29 is 13.2 Å². The predicted molar refractivity (Wildman–Crippen MR) is 44.2 cm³/mol. The second-order valence-corrected chi connectivity index (χ2v) is 2.67. The number of nitrogens with zero attached hydrogens (tertiary/aromatic N) is 1. The maximum Gasteiger partial charge on any atom is 0.416 e. The second kappa shape index (κ2) is 3.75. The van der Waals surface area contributed by atoms with Gasteiger partial charge in [-0.3, -0.25) is 0 Å². The summed E-state index contributed by atoms with van der Waals surface area (Å²) in [6.07, 6.45) is -5.49. The third-order valence-electron chi connectivity index (χ3n) is 1.69. The van der Waals surface area contributed by atoms with E-state index >= 15 is 0 Å². The highest BCUT2D eigenvalue weighted by atomic mass is 19.4. The van der Waals surface area contributed by atoms with E-state index in [0.29, 0.717) is 0 Å². The SMILES string of the molecule is N[C@@H](N=O)c1ccc(C(F)(F)F)cc1. The predicted octanol–water partition coefficient (Wildman–Crippen LogP) is 2.43. The first kappa shape index (κ1) is 10.6. The molecule has 0 amide bonds. The van der Waals surface area contributed by atoms with E-state index in [1.54, 1.807) is 0 Å². The summed E-state index contributed by atoms with van der Waals surface area (Å²) in [4.78, 5) is 9.99. The molecule has 3 nitrogen and oxygen atoms in total. The van der Waals surface area contributed by atoms with Crippen LogP contribution in [0.4, 0.5) is 13.2 Å². The van der Waals surface area contributed by atoms with Gasteiger partial charge in [0, 0.05) is 0 Å². The Kier molecular flexibility index (Phi) is 2.85. The summed E-state index contributed by atoms with van der Waals surface area (Å²) in [6.45, 7) is 0. The molecule has 1 aromatic carbocycles. The summed E-state index contributed by atoms with van der Waals surface area (Å²) in [5.41, 5.74) is 4.67. The Balaban J connectivity index is 2.95. The molecule has 14 heavy (non-hydrogen) atoms. The van der Waals surface area contributed by atoms with Gasteiger partial charge in [-0.1, -0.05) is 12.1 Å². The highest BCUT2D eigenvalue weighted by Gasteiger charge is 2.30. The highest BCUT2D eigenvalue weighted by molar-refractivity contribution is 5.26. The lowest BCUT2D eigenvalue weighted by molar-refractivity contribution is -0.137. The maximum absolute atomic E-state index is 12.1. The minimum Gasteiger partial charge on any atom is -0.303 e. The Bertz CT molecular complexity index is 320. The third-order valence-corrected chi connectivity index (χ3v) is 1.69. The Hall–Kier alpha value is -1.43. The van der Waals surface area contributed by atoms with Gasteiger partial charge in [0.1, 0.15) is 0 Å². The fourth-order valence-electron chi connectivity index (χ4n) is 0.930. The molecule has 1 atom stereocenters. The van der Waals surface area contributed by atoms with Crippen molar-refractivity contribution in [1.82, 2.24) is 0 Å². The number of nitrogens with two attached hydrogens (primary N) is 1. The van der Waals surface area contributed by atoms with E-state index in [-0.39, 0.29) is 5.56 Å². The molecule has 0 saturated carbocycles. The molecule has 0 unspecified atom stereocenters. The van der Waals surface area contributed by atoms with Gasteiger partial charge in [0.25, 0.3) is 0 Å². The maximum atomic E-state index is 12.1. The van der Waals surface area contributed by atoms with Crippen molar-refractivity contribution in [2.24, 2.45) is 10.9 Å². The van der Waals surface area contributed by atoms with Gasteiger partial charge >= 0.3 is 6.18 Å². The van der Waals surface area contributed by atoms with E-state index in [0.717, 1.165) is 24.3 Å². The van der Waals surface area contributed by atoms with Crippen LogP contribution in [0.3, 0.4) is 0 Å². The minimum atomic E-state index is -4.38. The quantitative estimate of drug-likeness (QED) is 0.752. The molecular weight excluding hydrogens is 197 g/mol. The summed E-state index contributed by atoms with van der Waals surface area (Å²) >= 11 is 0. The van der Waals surface area contributed by atoms with Gasteiger partial charge in [-0.05, 0) is 22.9 Å². The van der Waals surface area contributed by atoms with Gasteiger partial charge < -0.3 is 5.73 Å². The van der Waals surface area contributed by atoms with Gasteiger partial charge in [-0.15, -0.1) is 4.91 Å². The van der Waals surface area contributed by atoms with Crippen molar-refractivity contribution in [3.63, 3.8) is 0 Å². The van der Waals surface area contributed by atoms with E-state index < -0.39 is 17.9 Å². The molecule has 0 spiro atoms. The minimum absolute atomic E-state index is 0.257. The number of halogens is 3. The van der Waals surface area contributed by atoms with Crippen LogP contribution in [0.1, 0.15) is 17.3 Å². The zero-order valence-electron chi connectivity index (χ0n) is 6.95. The van der Waals surface area contributed by atoms with Crippen molar-refractivity contribution in [1.29, 1.82) is 0 Å². The van der Waals surface area contributed by atoms with Crippen molar-refractivity contribution >= 4 is 0 Å². The first-order valence-electron chi connectivity index (χ1n) is 3.70. The number of hydrogen-bond acceptors (Lipinski definition) is 3. The number of rotatable bonds is 2. The largest absolute Gasteiger partial charge is 0.416 e. The van der Waals surface area contributed by atoms with E-state index in [4.69, 9.17) is 5.73 Å². The van der Waals surface area contributed by atoms with Crippen LogP contribution in [0.15, 0.2) is 29.4 Å². The first-order chi connectivity index (χ1) is 6.45. The molecule has 0 aliphatic rings. The summed E-state index contributed by atoms with van der Waals surface area (Å²) in [6, 6.07) is 3.99. The van der Waals surface area contributed by atoms with Crippen LogP contribution in [0.5, 0.6) is 0 Å². The topological polar surface area (TPSA) is 55.4 Å². The molecular formula is C8H7F3N2O. The van der Waals surface area contributed by atoms with Crippen LogP contribution in [-0.2, 0) is 6.18 Å². The molecule has 2 N–H and O–H groups in total. The Morgan fingerprint density at radius 1 is 1.21 bits per heavy atom. The average Bonchev–Trinajstić information content (AvgIpc) is 2.15. The molecule has 0 radical (unpaired) electrons. The van der Waals surface area contributed by atoms with Gasteiger partial charge in [0.05, 0.1) is 5.56 Å². The van der Waals surface area contributed by atoms with Crippen molar-refractivity contribution in [2.75, 3.05) is 0 Å². The zero-order chi connectivity index (χ0) is 10.8. The molecule has 1 aromatic rings. The molecule has 0 saturated heterocycles. The standard InChI is InChI=1S/C8H7F3N2O/c9-8(10,11)6-3-1-5(2-4-6)7(12)13-14/h1-4,7H,12H2/t7-/m0/s1. The third kappa shape index (κ3) is 2.29. The van der Waals surface area contributed by atoms with Crippen molar-refractivity contribution in [2.45, 2.75) is 12.3 Å². The highest BCUT2D eigenvalue weighted by Crippen LogP contribution is 2.29. The number of nitroso groups, excluding NO2 is 1. The molecule has 76 valence electrons. The molecule has 0 aromatic heterocycles. The van der Waals surface area contributed by atoms with Gasteiger partial charge in [-0.2, -0.15) is 13.2 Å². The average molecular weight is 204 g/mol. The number of benzene rings is 1. The molecule has 0 aliphatic carbocycles. The Morgan fingerprint density at radius 3 is 2.07 bits per heavy atom. The normalized spacial score (nSPS) is 13.7. The monoisotopic (exact) mass is 204 g/mol. The number of hydrogen-bond donors (Lipinski definition) is 1. The second-order valence-electron chi connectivity index (χ2n) is 2.67. The van der Waals surface area contributed by atoms with Crippen LogP contribution in [0, 0.1) is 4.91 Å². The van der Waals surface area contributed by atoms with E-state index in [9.17, 15) is 18.1 Å². The van der Waals surface area contributed by atoms with Crippen LogP contribution in [-0.4, -0.2) is 0 Å². The zero-order valence-corrected chi connectivity index (χ0v) is 6.95. The fourth-order valence-corrected chi connectivity index (χ4v) is 0.930. The first-order valence-corrected chi connectivity index (χ1v) is 3.70. The van der Waals surface area contributed by atoms with Crippen LogP contribution < -0.4 is 5.73 Å². The van der Waals surface area contributed by atoms with E-state index in [1.807, 2.05) is 0 Å². The molecule has 1 rings (SSSR count). The Morgan fingerprint density at radius 2 is 1.71 bits per heavy atom. The summed E-state index contributed by atoms with van der Waals surface area (Å²) in [5.74, 6) is 0. The molecule has 0 heterocycles. The smallest absolute Gasteiger partial charge is 0.303 e. The van der Waals surface area contributed by atoms with Crippen LogP contribution in [0.2, 0.25) is 0 Å². The van der Waals surface area contributed by atoms with Crippen molar-refractivity contribution in [3.8, 4) is 0 Å². The van der Waals surface area contributed by atoms with Gasteiger partial charge in [0.15, 0.2) is 6.17 Å². The van der Waals surface area contributed by atoms with Gasteiger partial charge in [-0.25, -0.2) is 0 Å². The summed E-state index contributed by atoms with van der Waals surface area (Å²) in [5, 5.41) is 2.50. The lowest BCUT2D eigenvalue weighted by Crippen LogP contribution is -2.08. The Labute approximate surface area is 77.7 Å². The van der Waals surface area contributed by atoms with E-state index in [1.165, 1.54) is 0 Å². The molecule has 0 aliphatic heterocycles. The molecule has 6 heteroatoms. The number of alkyl halides is 3. The lowest BCUT2D eigenvalue weighted by Gasteiger charge is -2.08. The van der Waals surface area contributed by atoms with Crippen molar-refractivity contribution in [3.05, 3.63) is 40.3 Å².